The summed E-state index contributed by atoms with van der Waals surface area (Å²) in [6, 6.07) is -0.705. The van der Waals surface area contributed by atoms with Crippen molar-refractivity contribution in [1.29, 1.82) is 0 Å². The minimum absolute atomic E-state index is 0.0184. The highest BCUT2D eigenvalue weighted by Crippen LogP contribution is 2.23. The highest BCUT2D eigenvalue weighted by Gasteiger charge is 2.38. The number of ether oxygens (including phenoxy) is 1. The maximum absolute atomic E-state index is 12.7. The largest absolute Gasteiger partial charge is 0.444 e. The number of hydrogen-bond acceptors (Lipinski definition) is 3. The molecule has 0 aliphatic carbocycles. The smallest absolute Gasteiger partial charge is 0.410 e. The van der Waals surface area contributed by atoms with Crippen molar-refractivity contribution in [3.05, 3.63) is 12.7 Å². The van der Waals surface area contributed by atoms with Gasteiger partial charge in [0.25, 0.3) is 0 Å². The van der Waals surface area contributed by atoms with Crippen molar-refractivity contribution in [3.8, 4) is 0 Å². The van der Waals surface area contributed by atoms with Crippen molar-refractivity contribution in [2.45, 2.75) is 51.4 Å². The minimum atomic E-state index is -4.51. The number of piperidine rings is 1. The van der Waals surface area contributed by atoms with Gasteiger partial charge in [0.2, 0.25) is 5.91 Å². The van der Waals surface area contributed by atoms with Crippen molar-refractivity contribution in [3.63, 3.8) is 0 Å². The Bertz CT molecular complexity index is 458. The summed E-state index contributed by atoms with van der Waals surface area (Å²) in [4.78, 5) is 25.9. The fourth-order valence-corrected chi connectivity index (χ4v) is 2.40. The Labute approximate surface area is 134 Å². The number of amides is 2. The summed E-state index contributed by atoms with van der Waals surface area (Å²) in [6.45, 7) is 7.44. The molecule has 0 aromatic rings. The van der Waals surface area contributed by atoms with Gasteiger partial charge >= 0.3 is 12.3 Å². The number of likely N-dealkylation sites (tertiary alicyclic amines) is 1. The van der Waals surface area contributed by atoms with Crippen LogP contribution in [0.15, 0.2) is 12.7 Å². The van der Waals surface area contributed by atoms with E-state index in [1.54, 1.807) is 20.8 Å². The zero-order chi connectivity index (χ0) is 17.8. The molecule has 1 fully saturated rings. The van der Waals surface area contributed by atoms with Gasteiger partial charge < -0.3 is 14.5 Å². The van der Waals surface area contributed by atoms with Crippen LogP contribution in [0.25, 0.3) is 0 Å². The lowest BCUT2D eigenvalue weighted by Crippen LogP contribution is -2.54. The Morgan fingerprint density at radius 1 is 1.35 bits per heavy atom. The molecule has 1 aliphatic heterocycles. The second-order valence-electron chi connectivity index (χ2n) is 6.51. The maximum Gasteiger partial charge on any atom is 0.410 e. The number of hydrogen-bond donors (Lipinski definition) is 0. The number of nitrogens with zero attached hydrogens (tertiary/aromatic N) is 2. The minimum Gasteiger partial charge on any atom is -0.444 e. The summed E-state index contributed by atoms with van der Waals surface area (Å²) in [6.07, 6.45) is -3.33. The van der Waals surface area contributed by atoms with Crippen LogP contribution >= 0.6 is 0 Å². The summed E-state index contributed by atoms with van der Waals surface area (Å²) < 4.78 is 43.3. The van der Waals surface area contributed by atoms with Crippen LogP contribution in [-0.2, 0) is 9.53 Å². The Kier molecular flexibility index (Phi) is 6.07. The van der Waals surface area contributed by atoms with Gasteiger partial charge in [0, 0.05) is 13.1 Å². The average Bonchev–Trinajstić information content (AvgIpc) is 2.41. The number of carbonyl (C=O) groups excluding carboxylic acids is 2. The van der Waals surface area contributed by atoms with E-state index < -0.39 is 36.4 Å². The van der Waals surface area contributed by atoms with E-state index in [-0.39, 0.29) is 6.54 Å². The van der Waals surface area contributed by atoms with Crippen LogP contribution in [0.3, 0.4) is 0 Å². The first-order valence-electron chi connectivity index (χ1n) is 7.40. The number of halogens is 3. The SMILES string of the molecule is C=CC(=O)N(CC(F)(F)F)C1CCCN(C(=O)OC(C)(C)C)C1. The third-order valence-corrected chi connectivity index (χ3v) is 3.30. The lowest BCUT2D eigenvalue weighted by Gasteiger charge is -2.39. The van der Waals surface area contributed by atoms with E-state index in [0.29, 0.717) is 19.4 Å². The van der Waals surface area contributed by atoms with Gasteiger partial charge in [0.1, 0.15) is 12.1 Å². The standard InChI is InChI=1S/C15H23F3N2O3/c1-5-12(21)20(10-15(16,17)18)11-7-6-8-19(9-11)13(22)23-14(2,3)4/h5,11H,1,6-10H2,2-4H3. The van der Waals surface area contributed by atoms with E-state index in [1.807, 2.05) is 0 Å². The monoisotopic (exact) mass is 336 g/mol. The molecular weight excluding hydrogens is 313 g/mol. The Morgan fingerprint density at radius 2 is 1.96 bits per heavy atom. The second kappa shape index (κ2) is 7.23. The first kappa shape index (κ1) is 19.3. The Hall–Kier alpha value is -1.73. The first-order valence-corrected chi connectivity index (χ1v) is 7.40. The molecule has 1 atom stereocenters. The van der Waals surface area contributed by atoms with Crippen molar-refractivity contribution < 1.29 is 27.5 Å². The van der Waals surface area contributed by atoms with Gasteiger partial charge in [0.15, 0.2) is 0 Å². The Balaban J connectivity index is 2.82. The van der Waals surface area contributed by atoms with Crippen LogP contribution in [0.5, 0.6) is 0 Å². The van der Waals surface area contributed by atoms with Gasteiger partial charge in [-0.1, -0.05) is 6.58 Å². The topological polar surface area (TPSA) is 49.9 Å². The summed E-state index contributed by atoms with van der Waals surface area (Å²) in [7, 11) is 0. The van der Waals surface area contributed by atoms with Gasteiger partial charge in [0.05, 0.1) is 6.04 Å². The van der Waals surface area contributed by atoms with Gasteiger partial charge in [-0.2, -0.15) is 13.2 Å². The summed E-state index contributed by atoms with van der Waals surface area (Å²) in [5.74, 6) is -0.793. The molecule has 0 aromatic carbocycles. The molecule has 1 heterocycles. The molecule has 0 radical (unpaired) electrons. The average molecular weight is 336 g/mol. The predicted octanol–water partition coefficient (Wildman–Crippen LogP) is 2.96. The third kappa shape index (κ3) is 6.50. The van der Waals surface area contributed by atoms with E-state index in [1.165, 1.54) is 4.90 Å². The molecule has 132 valence electrons. The molecule has 5 nitrogen and oxygen atoms in total. The molecule has 0 aromatic heterocycles. The highest BCUT2D eigenvalue weighted by atomic mass is 19.4. The van der Waals surface area contributed by atoms with Crippen LogP contribution in [0.2, 0.25) is 0 Å². The van der Waals surface area contributed by atoms with Crippen LogP contribution in [0.4, 0.5) is 18.0 Å². The third-order valence-electron chi connectivity index (χ3n) is 3.30. The van der Waals surface area contributed by atoms with Gasteiger partial charge in [-0.25, -0.2) is 4.79 Å². The quantitative estimate of drug-likeness (QED) is 0.745. The van der Waals surface area contributed by atoms with E-state index in [0.717, 1.165) is 11.0 Å². The molecule has 0 bridgehead atoms. The predicted molar refractivity (Wildman–Crippen MR) is 78.8 cm³/mol. The van der Waals surface area contributed by atoms with Crippen molar-refractivity contribution >= 4 is 12.0 Å². The highest BCUT2D eigenvalue weighted by molar-refractivity contribution is 5.87. The first-order chi connectivity index (χ1) is 10.4. The normalized spacial score (nSPS) is 19.2. The molecule has 1 aliphatic rings. The van der Waals surface area contributed by atoms with E-state index in [2.05, 4.69) is 6.58 Å². The van der Waals surface area contributed by atoms with Crippen LogP contribution in [0.1, 0.15) is 33.6 Å². The fraction of sp³-hybridized carbons (Fsp3) is 0.733. The molecule has 23 heavy (non-hydrogen) atoms. The van der Waals surface area contributed by atoms with Crippen molar-refractivity contribution in [2.24, 2.45) is 0 Å². The summed E-state index contributed by atoms with van der Waals surface area (Å²) in [5.41, 5.74) is -0.688. The number of alkyl halides is 3. The van der Waals surface area contributed by atoms with E-state index >= 15 is 0 Å². The lowest BCUT2D eigenvalue weighted by atomic mass is 10.0. The van der Waals surface area contributed by atoms with Crippen molar-refractivity contribution in [1.82, 2.24) is 9.80 Å². The molecule has 2 amide bonds. The molecule has 0 spiro atoms. The van der Waals surface area contributed by atoms with Crippen LogP contribution in [-0.4, -0.2) is 59.3 Å². The molecule has 1 rings (SSSR count). The van der Waals surface area contributed by atoms with Gasteiger partial charge in [-0.3, -0.25) is 4.79 Å². The maximum atomic E-state index is 12.7. The number of carbonyl (C=O) groups is 2. The van der Waals surface area contributed by atoms with Gasteiger partial charge in [-0.05, 0) is 39.7 Å². The number of rotatable bonds is 3. The molecule has 8 heteroatoms. The van der Waals surface area contributed by atoms with Crippen LogP contribution < -0.4 is 0 Å². The van der Waals surface area contributed by atoms with Crippen molar-refractivity contribution in [2.75, 3.05) is 19.6 Å². The molecule has 0 N–H and O–H groups in total. The van der Waals surface area contributed by atoms with E-state index in [9.17, 15) is 22.8 Å². The lowest BCUT2D eigenvalue weighted by molar-refractivity contribution is -0.164. The molecule has 1 unspecified atom stereocenters. The zero-order valence-corrected chi connectivity index (χ0v) is 13.7. The second-order valence-corrected chi connectivity index (χ2v) is 6.51. The Morgan fingerprint density at radius 3 is 2.43 bits per heavy atom. The molecular formula is C15H23F3N2O3. The zero-order valence-electron chi connectivity index (χ0n) is 13.7. The molecule has 1 saturated heterocycles. The summed E-state index contributed by atoms with van der Waals surface area (Å²) in [5, 5.41) is 0. The van der Waals surface area contributed by atoms with Gasteiger partial charge in [-0.15, -0.1) is 0 Å². The summed E-state index contributed by atoms with van der Waals surface area (Å²) >= 11 is 0. The fourth-order valence-electron chi connectivity index (χ4n) is 2.40. The van der Waals surface area contributed by atoms with E-state index in [4.69, 9.17) is 4.74 Å². The molecule has 0 saturated carbocycles. The van der Waals surface area contributed by atoms with Crippen LogP contribution in [0, 0.1) is 0 Å².